The predicted molar refractivity (Wildman–Crippen MR) is 135 cm³/mol. The number of aryl methyl sites for hydroxylation is 1. The Labute approximate surface area is 212 Å². The Kier molecular flexibility index (Phi) is 6.78. The number of primary amides is 1. The second-order valence-corrected chi connectivity index (χ2v) is 10.6. The Bertz CT molecular complexity index is 1230. The molecule has 9 heteroatoms. The van der Waals surface area contributed by atoms with E-state index in [1.807, 2.05) is 12.1 Å². The highest BCUT2D eigenvalue weighted by Crippen LogP contribution is 2.45. The third-order valence-corrected chi connectivity index (χ3v) is 7.96. The summed E-state index contributed by atoms with van der Waals surface area (Å²) in [7, 11) is 0. The molecule has 2 N–H and O–H groups in total. The fraction of sp³-hybridized carbons (Fsp3) is 0.407. The molecule has 3 aromatic rings. The van der Waals surface area contributed by atoms with Crippen molar-refractivity contribution < 1.29 is 18.0 Å². The van der Waals surface area contributed by atoms with Crippen LogP contribution >= 0.6 is 11.3 Å². The first-order valence-electron chi connectivity index (χ1n) is 12.2. The molecule has 0 spiro atoms. The molecule has 5 rings (SSSR count). The van der Waals surface area contributed by atoms with E-state index in [-0.39, 0.29) is 5.56 Å². The molecule has 2 heterocycles. The van der Waals surface area contributed by atoms with Crippen LogP contribution in [0.4, 0.5) is 24.0 Å². The number of halogens is 3. The van der Waals surface area contributed by atoms with Crippen LogP contribution in [-0.4, -0.2) is 41.1 Å². The van der Waals surface area contributed by atoms with Crippen molar-refractivity contribution in [1.82, 2.24) is 9.88 Å². The number of nitrogens with two attached hydrogens (primary N) is 1. The van der Waals surface area contributed by atoms with E-state index in [0.717, 1.165) is 36.7 Å². The number of amides is 1. The van der Waals surface area contributed by atoms with Crippen molar-refractivity contribution in [2.24, 2.45) is 11.7 Å². The van der Waals surface area contributed by atoms with Crippen LogP contribution in [-0.2, 0) is 17.8 Å². The first-order valence-corrected chi connectivity index (χ1v) is 13.1. The average Bonchev–Trinajstić information content (AvgIpc) is 3.55. The van der Waals surface area contributed by atoms with Crippen LogP contribution in [0, 0.1) is 12.8 Å². The lowest BCUT2D eigenvalue weighted by Crippen LogP contribution is -2.51. The van der Waals surface area contributed by atoms with Crippen molar-refractivity contribution in [2.45, 2.75) is 50.9 Å². The van der Waals surface area contributed by atoms with Gasteiger partial charge in [0, 0.05) is 30.7 Å². The monoisotopic (exact) mass is 514 g/mol. The molecular formula is C27H29F3N4OS. The number of hydrogen-bond acceptors (Lipinski definition) is 5. The molecule has 5 nitrogen and oxygen atoms in total. The van der Waals surface area contributed by atoms with Crippen LogP contribution in [0.3, 0.4) is 0 Å². The Morgan fingerprint density at radius 1 is 1.19 bits per heavy atom. The van der Waals surface area contributed by atoms with Crippen molar-refractivity contribution in [3.8, 4) is 0 Å². The van der Waals surface area contributed by atoms with Crippen LogP contribution < -0.4 is 10.6 Å². The Morgan fingerprint density at radius 2 is 1.94 bits per heavy atom. The molecule has 1 aliphatic heterocycles. The maximum absolute atomic E-state index is 14.7. The van der Waals surface area contributed by atoms with E-state index in [2.05, 4.69) is 9.88 Å². The molecule has 2 atom stereocenters. The highest BCUT2D eigenvalue weighted by Gasteiger charge is 2.51. The number of alkyl halides is 3. The summed E-state index contributed by atoms with van der Waals surface area (Å²) in [6, 6.07) is 11.5. The minimum atomic E-state index is -4.71. The molecule has 0 saturated heterocycles. The fourth-order valence-corrected chi connectivity index (χ4v) is 6.02. The number of aromatic nitrogens is 1. The maximum Gasteiger partial charge on any atom is 0.398 e. The number of anilines is 2. The summed E-state index contributed by atoms with van der Waals surface area (Å²) in [5.74, 6) is -2.41. The highest BCUT2D eigenvalue weighted by molar-refractivity contribution is 7.13. The minimum absolute atomic E-state index is 0.00696. The van der Waals surface area contributed by atoms with Gasteiger partial charge in [0.15, 0.2) is 5.13 Å². The number of benzene rings is 2. The van der Waals surface area contributed by atoms with Crippen molar-refractivity contribution in [1.29, 1.82) is 0 Å². The normalized spacial score (nSPS) is 17.9. The number of fused-ring (bicyclic) bond motifs is 1. The maximum atomic E-state index is 14.7. The van der Waals surface area contributed by atoms with Gasteiger partial charge in [0.25, 0.3) is 0 Å². The van der Waals surface area contributed by atoms with E-state index in [0.29, 0.717) is 22.9 Å². The molecule has 36 heavy (non-hydrogen) atoms. The summed E-state index contributed by atoms with van der Waals surface area (Å²) >= 11 is 1.22. The first-order chi connectivity index (χ1) is 17.2. The second kappa shape index (κ2) is 9.86. The quantitative estimate of drug-likeness (QED) is 0.428. The van der Waals surface area contributed by atoms with Gasteiger partial charge in [0.1, 0.15) is 12.0 Å². The summed E-state index contributed by atoms with van der Waals surface area (Å²) in [5, 5.41) is 2.11. The molecule has 2 aromatic carbocycles. The number of carbonyl (C=O) groups is 1. The molecular weight excluding hydrogens is 485 g/mol. The third-order valence-electron chi connectivity index (χ3n) is 7.00. The van der Waals surface area contributed by atoms with Gasteiger partial charge in [-0.3, -0.25) is 9.69 Å². The smallest absolute Gasteiger partial charge is 0.368 e. The van der Waals surface area contributed by atoms with E-state index in [9.17, 15) is 18.0 Å². The van der Waals surface area contributed by atoms with Crippen LogP contribution in [0.2, 0.25) is 0 Å². The standard InChI is InChI=1S/C27H29F3N4OS/c1-17-16-36-26(32-17)34(24(25(31)35)23(27(28,29)30)19-6-3-2-4-7-19)22-9-5-8-20-15-33(13-12-21(20)22)14-18-10-11-18/h2-9,16,18,23-24H,10-15H2,1H3,(H2,31,35). The zero-order valence-electron chi connectivity index (χ0n) is 20.0. The summed E-state index contributed by atoms with van der Waals surface area (Å²) in [4.78, 5) is 21.3. The van der Waals surface area contributed by atoms with Gasteiger partial charge >= 0.3 is 6.18 Å². The van der Waals surface area contributed by atoms with E-state index in [4.69, 9.17) is 5.73 Å². The van der Waals surface area contributed by atoms with E-state index < -0.39 is 24.0 Å². The van der Waals surface area contributed by atoms with Crippen LogP contribution in [0.5, 0.6) is 0 Å². The summed E-state index contributed by atoms with van der Waals surface area (Å²) < 4.78 is 44.0. The number of carbonyl (C=O) groups excluding carboxylic acids is 1. The Hall–Kier alpha value is -2.91. The van der Waals surface area contributed by atoms with Gasteiger partial charge in [0.2, 0.25) is 5.91 Å². The molecule has 0 radical (unpaired) electrons. The third kappa shape index (κ3) is 5.13. The summed E-state index contributed by atoms with van der Waals surface area (Å²) in [5.41, 5.74) is 9.07. The lowest BCUT2D eigenvalue weighted by Gasteiger charge is -2.39. The molecule has 1 aliphatic carbocycles. The highest BCUT2D eigenvalue weighted by atomic mass is 32.1. The van der Waals surface area contributed by atoms with E-state index in [1.54, 1.807) is 36.6 Å². The number of thiazole rings is 1. The molecule has 190 valence electrons. The van der Waals surface area contributed by atoms with Gasteiger partial charge in [-0.05, 0) is 54.9 Å². The SMILES string of the molecule is Cc1csc(N(c2cccc3c2CCN(CC2CC2)C3)C(C(N)=O)C(c2ccccc2)C(F)(F)F)n1. The van der Waals surface area contributed by atoms with Crippen molar-refractivity contribution in [3.63, 3.8) is 0 Å². The average molecular weight is 515 g/mol. The number of nitrogens with zero attached hydrogens (tertiary/aromatic N) is 3. The molecule has 1 fully saturated rings. The molecule has 2 aliphatic rings. The van der Waals surface area contributed by atoms with Gasteiger partial charge < -0.3 is 10.6 Å². The van der Waals surface area contributed by atoms with E-state index >= 15 is 0 Å². The van der Waals surface area contributed by atoms with Crippen LogP contribution in [0.25, 0.3) is 0 Å². The number of rotatable bonds is 8. The van der Waals surface area contributed by atoms with Gasteiger partial charge in [-0.1, -0.05) is 42.5 Å². The topological polar surface area (TPSA) is 62.5 Å². The van der Waals surface area contributed by atoms with Gasteiger partial charge in [-0.2, -0.15) is 13.2 Å². The first kappa shape index (κ1) is 24.8. The van der Waals surface area contributed by atoms with Crippen molar-refractivity contribution in [3.05, 3.63) is 76.3 Å². The van der Waals surface area contributed by atoms with Gasteiger partial charge in [-0.25, -0.2) is 4.98 Å². The summed E-state index contributed by atoms with van der Waals surface area (Å²) in [6.07, 6.45) is -1.49. The summed E-state index contributed by atoms with van der Waals surface area (Å²) in [6.45, 7) is 4.40. The molecule has 1 aromatic heterocycles. The Morgan fingerprint density at radius 3 is 2.56 bits per heavy atom. The molecule has 0 bridgehead atoms. The lowest BCUT2D eigenvalue weighted by molar-refractivity contribution is -0.159. The largest absolute Gasteiger partial charge is 0.398 e. The van der Waals surface area contributed by atoms with Crippen LogP contribution in [0.1, 0.15) is 41.1 Å². The minimum Gasteiger partial charge on any atom is -0.368 e. The van der Waals surface area contributed by atoms with Crippen molar-refractivity contribution >= 4 is 28.1 Å². The van der Waals surface area contributed by atoms with Crippen molar-refractivity contribution in [2.75, 3.05) is 18.0 Å². The zero-order chi connectivity index (χ0) is 25.4. The Balaban J connectivity index is 1.63. The molecule has 1 saturated carbocycles. The fourth-order valence-electron chi connectivity index (χ4n) is 5.17. The van der Waals surface area contributed by atoms with E-state index in [1.165, 1.54) is 41.2 Å². The van der Waals surface area contributed by atoms with Crippen LogP contribution in [0.15, 0.2) is 53.9 Å². The number of hydrogen-bond donors (Lipinski definition) is 1. The lowest BCUT2D eigenvalue weighted by atomic mass is 9.88. The molecule has 2 unspecified atom stereocenters. The zero-order valence-corrected chi connectivity index (χ0v) is 20.9. The van der Waals surface area contributed by atoms with Gasteiger partial charge in [-0.15, -0.1) is 11.3 Å². The predicted octanol–water partition coefficient (Wildman–Crippen LogP) is 5.56. The second-order valence-electron chi connectivity index (χ2n) is 9.76. The molecule has 1 amide bonds. The van der Waals surface area contributed by atoms with Gasteiger partial charge in [0.05, 0.1) is 5.69 Å².